The first-order chi connectivity index (χ1) is 15.0. The maximum Gasteiger partial charge on any atom is 0.315 e. The Bertz CT molecular complexity index is 832. The molecule has 0 aliphatic carbocycles. The topological polar surface area (TPSA) is 62.8 Å². The quantitative estimate of drug-likeness (QED) is 0.619. The highest BCUT2D eigenvalue weighted by molar-refractivity contribution is 5.74. The smallest absolute Gasteiger partial charge is 0.315 e. The van der Waals surface area contributed by atoms with Crippen molar-refractivity contribution in [1.82, 2.24) is 15.5 Å². The van der Waals surface area contributed by atoms with Gasteiger partial charge in [0.1, 0.15) is 11.5 Å². The van der Waals surface area contributed by atoms with Crippen molar-refractivity contribution in [3.05, 3.63) is 59.7 Å². The van der Waals surface area contributed by atoms with Crippen LogP contribution in [0.25, 0.3) is 0 Å². The molecule has 3 rings (SSSR count). The summed E-state index contributed by atoms with van der Waals surface area (Å²) in [5.74, 6) is 1.90. The van der Waals surface area contributed by atoms with E-state index < -0.39 is 0 Å². The van der Waals surface area contributed by atoms with E-state index in [4.69, 9.17) is 9.47 Å². The van der Waals surface area contributed by atoms with Crippen LogP contribution in [0.4, 0.5) is 4.79 Å². The van der Waals surface area contributed by atoms with Crippen LogP contribution in [0.1, 0.15) is 49.9 Å². The zero-order chi connectivity index (χ0) is 22.2. The van der Waals surface area contributed by atoms with Crippen molar-refractivity contribution in [2.45, 2.75) is 38.8 Å². The molecule has 2 atom stereocenters. The maximum absolute atomic E-state index is 12.8. The third-order valence-corrected chi connectivity index (χ3v) is 5.94. The molecule has 2 unspecified atom stereocenters. The van der Waals surface area contributed by atoms with Gasteiger partial charge in [0.05, 0.1) is 26.3 Å². The van der Waals surface area contributed by atoms with E-state index in [0.717, 1.165) is 35.7 Å². The minimum absolute atomic E-state index is 0.0760. The van der Waals surface area contributed by atoms with Crippen LogP contribution in [0.5, 0.6) is 11.5 Å². The Morgan fingerprint density at radius 2 is 1.65 bits per heavy atom. The lowest BCUT2D eigenvalue weighted by Crippen LogP contribution is -2.43. The number of nitrogens with zero attached hydrogens (tertiary/aromatic N) is 1. The predicted molar refractivity (Wildman–Crippen MR) is 124 cm³/mol. The van der Waals surface area contributed by atoms with Crippen molar-refractivity contribution in [1.29, 1.82) is 0 Å². The highest BCUT2D eigenvalue weighted by atomic mass is 16.5. The SMILES string of the molecule is COc1ccc(C(NC(=O)NCC(c2cccc(OC)c2)N2CCCC2)C(C)C)cc1. The molecule has 1 heterocycles. The molecule has 0 spiro atoms. The van der Waals surface area contributed by atoms with Crippen LogP contribution >= 0.6 is 0 Å². The largest absolute Gasteiger partial charge is 0.497 e. The Hall–Kier alpha value is -2.73. The summed E-state index contributed by atoms with van der Waals surface area (Å²) in [5.41, 5.74) is 2.23. The Morgan fingerprint density at radius 1 is 0.968 bits per heavy atom. The van der Waals surface area contributed by atoms with Gasteiger partial charge in [-0.15, -0.1) is 0 Å². The molecule has 31 heavy (non-hydrogen) atoms. The molecule has 6 heteroatoms. The molecule has 168 valence electrons. The van der Waals surface area contributed by atoms with E-state index in [9.17, 15) is 4.79 Å². The van der Waals surface area contributed by atoms with E-state index >= 15 is 0 Å². The summed E-state index contributed by atoms with van der Waals surface area (Å²) in [4.78, 5) is 15.3. The molecule has 2 aromatic carbocycles. The van der Waals surface area contributed by atoms with E-state index in [1.807, 2.05) is 36.4 Å². The Morgan fingerprint density at radius 3 is 2.26 bits per heavy atom. The Balaban J connectivity index is 1.67. The fraction of sp³-hybridized carbons (Fsp3) is 0.480. The lowest BCUT2D eigenvalue weighted by atomic mass is 9.96. The summed E-state index contributed by atoms with van der Waals surface area (Å²) >= 11 is 0. The summed E-state index contributed by atoms with van der Waals surface area (Å²) in [6.45, 7) is 6.86. The van der Waals surface area contributed by atoms with Crippen LogP contribution in [-0.2, 0) is 0 Å². The van der Waals surface area contributed by atoms with Gasteiger partial charge >= 0.3 is 6.03 Å². The van der Waals surface area contributed by atoms with Crippen molar-refractivity contribution >= 4 is 6.03 Å². The van der Waals surface area contributed by atoms with Crippen LogP contribution < -0.4 is 20.1 Å². The molecule has 6 nitrogen and oxygen atoms in total. The molecule has 1 aliphatic heterocycles. The van der Waals surface area contributed by atoms with Gasteiger partial charge < -0.3 is 20.1 Å². The number of rotatable bonds is 9. The molecule has 2 amide bonds. The number of amides is 2. The molecule has 0 radical (unpaired) electrons. The van der Waals surface area contributed by atoms with Gasteiger partial charge in [0.2, 0.25) is 0 Å². The molecule has 1 saturated heterocycles. The molecule has 0 saturated carbocycles. The standard InChI is InChI=1S/C25H35N3O3/c1-18(2)24(19-10-12-21(30-3)13-11-19)27-25(29)26-17-23(28-14-5-6-15-28)20-8-7-9-22(16-20)31-4/h7-13,16,18,23-24H,5-6,14-15,17H2,1-4H3,(H2,26,27,29). The molecule has 0 bridgehead atoms. The maximum atomic E-state index is 12.8. The van der Waals surface area contributed by atoms with Gasteiger partial charge in [-0.2, -0.15) is 0 Å². The highest BCUT2D eigenvalue weighted by Gasteiger charge is 2.25. The van der Waals surface area contributed by atoms with Crippen molar-refractivity contribution in [3.8, 4) is 11.5 Å². The summed E-state index contributed by atoms with van der Waals surface area (Å²) in [7, 11) is 3.33. The third kappa shape index (κ3) is 6.14. The molecule has 2 aromatic rings. The van der Waals surface area contributed by atoms with Crippen molar-refractivity contribution in [3.63, 3.8) is 0 Å². The van der Waals surface area contributed by atoms with Crippen molar-refractivity contribution < 1.29 is 14.3 Å². The fourth-order valence-electron chi connectivity index (χ4n) is 4.19. The first-order valence-electron chi connectivity index (χ1n) is 11.1. The first kappa shape index (κ1) is 22.9. The van der Waals surface area contributed by atoms with Gasteiger partial charge in [-0.1, -0.05) is 38.1 Å². The fourth-order valence-corrected chi connectivity index (χ4v) is 4.19. The second-order valence-corrected chi connectivity index (χ2v) is 8.38. The second-order valence-electron chi connectivity index (χ2n) is 8.38. The lowest BCUT2D eigenvalue weighted by molar-refractivity contribution is 0.215. The van der Waals surface area contributed by atoms with Crippen LogP contribution in [0, 0.1) is 5.92 Å². The highest BCUT2D eigenvalue weighted by Crippen LogP contribution is 2.27. The summed E-state index contributed by atoms with van der Waals surface area (Å²) < 4.78 is 10.7. The average molecular weight is 426 g/mol. The zero-order valence-electron chi connectivity index (χ0n) is 19.1. The number of urea groups is 1. The number of benzene rings is 2. The average Bonchev–Trinajstić information content (AvgIpc) is 3.32. The number of hydrogen-bond donors (Lipinski definition) is 2. The summed E-state index contributed by atoms with van der Waals surface area (Å²) in [5, 5.41) is 6.27. The first-order valence-corrected chi connectivity index (χ1v) is 11.1. The van der Waals surface area contributed by atoms with Crippen LogP contribution in [0.15, 0.2) is 48.5 Å². The number of carbonyl (C=O) groups excluding carboxylic acids is 1. The van der Waals surface area contributed by atoms with E-state index in [2.05, 4.69) is 41.5 Å². The van der Waals surface area contributed by atoms with E-state index in [-0.39, 0.29) is 24.0 Å². The molecule has 2 N–H and O–H groups in total. The van der Waals surface area contributed by atoms with Crippen LogP contribution in [0.3, 0.4) is 0 Å². The number of likely N-dealkylation sites (tertiary alicyclic amines) is 1. The number of ether oxygens (including phenoxy) is 2. The van der Waals surface area contributed by atoms with Gasteiger partial charge in [0, 0.05) is 6.54 Å². The van der Waals surface area contributed by atoms with Gasteiger partial charge in [0.15, 0.2) is 0 Å². The van der Waals surface area contributed by atoms with Crippen LogP contribution in [-0.4, -0.2) is 44.8 Å². The lowest BCUT2D eigenvalue weighted by Gasteiger charge is -2.29. The van der Waals surface area contributed by atoms with E-state index in [1.54, 1.807) is 14.2 Å². The van der Waals surface area contributed by atoms with E-state index in [1.165, 1.54) is 12.8 Å². The molecular weight excluding hydrogens is 390 g/mol. The number of hydrogen-bond acceptors (Lipinski definition) is 4. The van der Waals surface area contributed by atoms with E-state index in [0.29, 0.717) is 6.54 Å². The minimum atomic E-state index is -0.151. The van der Waals surface area contributed by atoms with Gasteiger partial charge in [-0.3, -0.25) is 4.90 Å². The van der Waals surface area contributed by atoms with Gasteiger partial charge in [0.25, 0.3) is 0 Å². The molecule has 0 aromatic heterocycles. The Labute approximate surface area is 185 Å². The molecule has 1 aliphatic rings. The van der Waals surface area contributed by atoms with Gasteiger partial charge in [-0.25, -0.2) is 4.79 Å². The van der Waals surface area contributed by atoms with Gasteiger partial charge in [-0.05, 0) is 67.2 Å². The van der Waals surface area contributed by atoms with Crippen molar-refractivity contribution in [2.75, 3.05) is 33.9 Å². The number of nitrogens with one attached hydrogen (secondary N) is 2. The normalized spacial score (nSPS) is 16.0. The summed E-state index contributed by atoms with van der Waals surface area (Å²) in [6.07, 6.45) is 2.39. The summed E-state index contributed by atoms with van der Waals surface area (Å²) in [6, 6.07) is 15.9. The number of carbonyl (C=O) groups is 1. The second kappa shape index (κ2) is 11.0. The number of methoxy groups -OCH3 is 2. The molecular formula is C25H35N3O3. The minimum Gasteiger partial charge on any atom is -0.497 e. The molecule has 1 fully saturated rings. The Kier molecular flexibility index (Phi) is 8.18. The van der Waals surface area contributed by atoms with Crippen LogP contribution in [0.2, 0.25) is 0 Å². The predicted octanol–water partition coefficient (Wildman–Crippen LogP) is 4.54. The van der Waals surface area contributed by atoms with Crippen molar-refractivity contribution in [2.24, 2.45) is 5.92 Å². The zero-order valence-corrected chi connectivity index (χ0v) is 19.1. The monoisotopic (exact) mass is 425 g/mol. The third-order valence-electron chi connectivity index (χ3n) is 5.94.